The van der Waals surface area contributed by atoms with Crippen LogP contribution in [0.3, 0.4) is 0 Å². The normalized spacial score (nSPS) is 17.0. The van der Waals surface area contributed by atoms with Crippen LogP contribution in [0.25, 0.3) is 0 Å². The maximum atomic E-state index is 5.41. The van der Waals surface area contributed by atoms with E-state index in [9.17, 15) is 0 Å². The third-order valence-corrected chi connectivity index (χ3v) is 4.25. The van der Waals surface area contributed by atoms with Crippen molar-refractivity contribution in [1.29, 1.82) is 0 Å². The molecule has 1 heterocycles. The predicted octanol–water partition coefficient (Wildman–Crippen LogP) is 1.10. The van der Waals surface area contributed by atoms with Crippen molar-refractivity contribution in [2.24, 2.45) is 10.9 Å². The van der Waals surface area contributed by atoms with E-state index in [-0.39, 0.29) is 24.0 Å². The molecule has 1 aliphatic rings. The monoisotopic (exact) mass is 485 g/mol. The summed E-state index contributed by atoms with van der Waals surface area (Å²) in [6.45, 7) is 14.8. The SMILES string of the molecule is CCNC(=NCC(C)CN1CCOCC1)NCCN(C)CCCOC.I. The van der Waals surface area contributed by atoms with E-state index in [1.54, 1.807) is 7.11 Å². The predicted molar refractivity (Wildman–Crippen MR) is 120 cm³/mol. The molecule has 0 aromatic carbocycles. The number of rotatable bonds is 12. The molecule has 1 saturated heterocycles. The van der Waals surface area contributed by atoms with E-state index in [1.807, 2.05) is 0 Å². The molecule has 0 radical (unpaired) electrons. The minimum atomic E-state index is 0. The molecule has 0 spiro atoms. The van der Waals surface area contributed by atoms with Crippen molar-refractivity contribution in [3.8, 4) is 0 Å². The van der Waals surface area contributed by atoms with E-state index in [4.69, 9.17) is 14.5 Å². The van der Waals surface area contributed by atoms with Gasteiger partial charge in [-0.2, -0.15) is 0 Å². The lowest BCUT2D eigenvalue weighted by molar-refractivity contribution is 0.0323. The summed E-state index contributed by atoms with van der Waals surface area (Å²) in [6, 6.07) is 0. The average Bonchev–Trinajstić information content (AvgIpc) is 2.61. The van der Waals surface area contributed by atoms with Gasteiger partial charge in [0.25, 0.3) is 0 Å². The first-order valence-electron chi connectivity index (χ1n) is 9.65. The molecule has 0 aliphatic carbocycles. The van der Waals surface area contributed by atoms with Crippen molar-refractivity contribution in [2.45, 2.75) is 20.3 Å². The summed E-state index contributed by atoms with van der Waals surface area (Å²) in [6.07, 6.45) is 1.07. The van der Waals surface area contributed by atoms with Crippen LogP contribution in [0.5, 0.6) is 0 Å². The number of likely N-dealkylation sites (N-methyl/N-ethyl adjacent to an activating group) is 1. The number of halogens is 1. The quantitative estimate of drug-likeness (QED) is 0.187. The van der Waals surface area contributed by atoms with Gasteiger partial charge in [0, 0.05) is 66.1 Å². The lowest BCUT2D eigenvalue weighted by Crippen LogP contribution is -2.42. The Labute approximate surface area is 177 Å². The smallest absolute Gasteiger partial charge is 0.191 e. The molecule has 1 aliphatic heterocycles. The minimum Gasteiger partial charge on any atom is -0.385 e. The van der Waals surface area contributed by atoms with Gasteiger partial charge in [-0.1, -0.05) is 6.92 Å². The molecule has 0 aromatic rings. The molecule has 1 unspecified atom stereocenters. The Morgan fingerprint density at radius 3 is 2.65 bits per heavy atom. The van der Waals surface area contributed by atoms with Gasteiger partial charge in [-0.3, -0.25) is 9.89 Å². The highest BCUT2D eigenvalue weighted by Gasteiger charge is 2.13. The number of nitrogens with one attached hydrogen (secondary N) is 2. The number of guanidine groups is 1. The zero-order valence-corrected chi connectivity index (χ0v) is 19.5. The first-order valence-corrected chi connectivity index (χ1v) is 9.65. The fraction of sp³-hybridized carbons (Fsp3) is 0.944. The van der Waals surface area contributed by atoms with Crippen LogP contribution in [0.15, 0.2) is 4.99 Å². The number of aliphatic imine (C=N–C) groups is 1. The van der Waals surface area contributed by atoms with Crippen molar-refractivity contribution in [3.05, 3.63) is 0 Å². The molecule has 0 saturated carbocycles. The maximum absolute atomic E-state index is 5.41. The van der Waals surface area contributed by atoms with E-state index in [2.05, 4.69) is 41.3 Å². The van der Waals surface area contributed by atoms with Crippen LogP contribution in [0.1, 0.15) is 20.3 Å². The van der Waals surface area contributed by atoms with Crippen LogP contribution in [0, 0.1) is 5.92 Å². The van der Waals surface area contributed by atoms with Crippen LogP contribution in [0.2, 0.25) is 0 Å². The second-order valence-electron chi connectivity index (χ2n) is 6.81. The molecular formula is C18H40IN5O2. The van der Waals surface area contributed by atoms with E-state index in [1.165, 1.54) is 0 Å². The highest BCUT2D eigenvalue weighted by Crippen LogP contribution is 2.03. The molecule has 2 N–H and O–H groups in total. The summed E-state index contributed by atoms with van der Waals surface area (Å²) in [4.78, 5) is 9.54. The summed E-state index contributed by atoms with van der Waals surface area (Å²) < 4.78 is 10.5. The third-order valence-electron chi connectivity index (χ3n) is 4.25. The summed E-state index contributed by atoms with van der Waals surface area (Å²) in [5.41, 5.74) is 0. The molecule has 0 bridgehead atoms. The van der Waals surface area contributed by atoms with Gasteiger partial charge in [0.15, 0.2) is 5.96 Å². The number of methoxy groups -OCH3 is 1. The van der Waals surface area contributed by atoms with Gasteiger partial charge in [0.1, 0.15) is 0 Å². The van der Waals surface area contributed by atoms with Gasteiger partial charge in [-0.15, -0.1) is 24.0 Å². The molecule has 0 amide bonds. The summed E-state index contributed by atoms with van der Waals surface area (Å²) in [7, 11) is 3.90. The molecule has 1 atom stereocenters. The van der Waals surface area contributed by atoms with Gasteiger partial charge in [0.2, 0.25) is 0 Å². The lowest BCUT2D eigenvalue weighted by atomic mass is 10.1. The Morgan fingerprint density at radius 1 is 1.27 bits per heavy atom. The van der Waals surface area contributed by atoms with Crippen molar-refractivity contribution in [1.82, 2.24) is 20.4 Å². The first-order chi connectivity index (χ1) is 12.2. The highest BCUT2D eigenvalue weighted by molar-refractivity contribution is 14.0. The fourth-order valence-corrected chi connectivity index (χ4v) is 2.83. The Balaban J connectivity index is 0.00000625. The third kappa shape index (κ3) is 13.1. The molecule has 1 fully saturated rings. The van der Waals surface area contributed by atoms with Crippen LogP contribution in [-0.2, 0) is 9.47 Å². The lowest BCUT2D eigenvalue weighted by Gasteiger charge is -2.28. The van der Waals surface area contributed by atoms with Crippen molar-refractivity contribution >= 4 is 29.9 Å². The van der Waals surface area contributed by atoms with E-state index in [0.717, 1.165) is 84.6 Å². The van der Waals surface area contributed by atoms with Crippen LogP contribution >= 0.6 is 24.0 Å². The second kappa shape index (κ2) is 17.0. The first kappa shape index (κ1) is 25.8. The summed E-state index contributed by atoms with van der Waals surface area (Å²) in [5, 5.41) is 6.77. The number of morpholine rings is 1. The van der Waals surface area contributed by atoms with Crippen LogP contribution in [0.4, 0.5) is 0 Å². The fourth-order valence-electron chi connectivity index (χ4n) is 2.83. The topological polar surface area (TPSA) is 61.4 Å². The van der Waals surface area contributed by atoms with Gasteiger partial charge < -0.3 is 25.0 Å². The molecule has 156 valence electrons. The molecule has 26 heavy (non-hydrogen) atoms. The van der Waals surface area contributed by atoms with Gasteiger partial charge in [-0.05, 0) is 26.3 Å². The Morgan fingerprint density at radius 2 is 2.00 bits per heavy atom. The Hall–Kier alpha value is -0.160. The van der Waals surface area contributed by atoms with Crippen molar-refractivity contribution < 1.29 is 9.47 Å². The zero-order chi connectivity index (χ0) is 18.3. The van der Waals surface area contributed by atoms with Crippen molar-refractivity contribution in [3.63, 3.8) is 0 Å². The molecule has 8 heteroatoms. The summed E-state index contributed by atoms with van der Waals surface area (Å²) in [5.74, 6) is 1.46. The largest absolute Gasteiger partial charge is 0.385 e. The van der Waals surface area contributed by atoms with E-state index < -0.39 is 0 Å². The molecule has 0 aromatic heterocycles. The maximum Gasteiger partial charge on any atom is 0.191 e. The van der Waals surface area contributed by atoms with Crippen molar-refractivity contribution in [2.75, 3.05) is 86.3 Å². The Kier molecular flexibility index (Phi) is 16.9. The highest BCUT2D eigenvalue weighted by atomic mass is 127. The molecule has 1 rings (SSSR count). The summed E-state index contributed by atoms with van der Waals surface area (Å²) >= 11 is 0. The van der Waals surface area contributed by atoms with Crippen LogP contribution in [-0.4, -0.2) is 102 Å². The average molecular weight is 485 g/mol. The van der Waals surface area contributed by atoms with E-state index >= 15 is 0 Å². The number of nitrogens with zero attached hydrogens (tertiary/aromatic N) is 3. The van der Waals surface area contributed by atoms with E-state index in [0.29, 0.717) is 5.92 Å². The number of ether oxygens (including phenoxy) is 2. The zero-order valence-electron chi connectivity index (χ0n) is 17.1. The molecular weight excluding hydrogens is 445 g/mol. The molecule has 7 nitrogen and oxygen atoms in total. The number of hydrogen-bond donors (Lipinski definition) is 2. The number of hydrogen-bond acceptors (Lipinski definition) is 5. The Bertz CT molecular complexity index is 354. The van der Waals surface area contributed by atoms with Gasteiger partial charge >= 0.3 is 0 Å². The standard InChI is InChI=1S/C18H39N5O2.HI/c1-5-19-18(20-7-9-22(3)8-6-12-24-4)21-15-17(2)16-23-10-13-25-14-11-23;/h17H,5-16H2,1-4H3,(H2,19,20,21);1H. The van der Waals surface area contributed by atoms with Crippen LogP contribution < -0.4 is 10.6 Å². The van der Waals surface area contributed by atoms with Gasteiger partial charge in [0.05, 0.1) is 13.2 Å². The van der Waals surface area contributed by atoms with Gasteiger partial charge in [-0.25, -0.2) is 0 Å². The minimum absolute atomic E-state index is 0. The second-order valence-corrected chi connectivity index (χ2v) is 6.81.